The van der Waals surface area contributed by atoms with Crippen molar-refractivity contribution in [3.8, 4) is 0 Å². The minimum absolute atomic E-state index is 0.122. The summed E-state index contributed by atoms with van der Waals surface area (Å²) in [4.78, 5) is 25.9. The SMILES string of the molecule is O=C(O)[C@@H]1C=C(c2cccs2)CN1C(=O)OCc1ccccc1. The number of carboxylic acid groups (broad SMARTS) is 1. The summed E-state index contributed by atoms with van der Waals surface area (Å²) in [7, 11) is 0. The van der Waals surface area contributed by atoms with E-state index >= 15 is 0 Å². The molecule has 1 amide bonds. The molecule has 23 heavy (non-hydrogen) atoms. The molecule has 0 aliphatic carbocycles. The monoisotopic (exact) mass is 329 g/mol. The van der Waals surface area contributed by atoms with Crippen molar-refractivity contribution >= 4 is 29.0 Å². The van der Waals surface area contributed by atoms with Crippen LogP contribution < -0.4 is 0 Å². The molecular formula is C17H15NO4S. The number of nitrogens with zero attached hydrogens (tertiary/aromatic N) is 1. The topological polar surface area (TPSA) is 66.8 Å². The van der Waals surface area contributed by atoms with Gasteiger partial charge < -0.3 is 9.84 Å². The van der Waals surface area contributed by atoms with Crippen molar-refractivity contribution in [3.05, 3.63) is 64.4 Å². The van der Waals surface area contributed by atoms with Crippen LogP contribution in [-0.4, -0.2) is 34.7 Å². The molecule has 0 unspecified atom stereocenters. The Morgan fingerprint density at radius 1 is 1.22 bits per heavy atom. The molecule has 0 fully saturated rings. The van der Waals surface area contributed by atoms with E-state index < -0.39 is 18.1 Å². The Hall–Kier alpha value is -2.60. The molecular weight excluding hydrogens is 314 g/mol. The lowest BCUT2D eigenvalue weighted by Crippen LogP contribution is -2.41. The summed E-state index contributed by atoms with van der Waals surface area (Å²) in [5, 5.41) is 11.3. The maximum absolute atomic E-state index is 12.3. The minimum atomic E-state index is -1.06. The molecule has 118 valence electrons. The first-order valence-corrected chi connectivity index (χ1v) is 7.98. The number of carboxylic acids is 1. The molecule has 1 aliphatic heterocycles. The van der Waals surface area contributed by atoms with Crippen molar-refractivity contribution in [1.29, 1.82) is 0 Å². The largest absolute Gasteiger partial charge is 0.479 e. The molecule has 1 atom stereocenters. The number of benzene rings is 1. The number of hydrogen-bond donors (Lipinski definition) is 1. The third kappa shape index (κ3) is 3.43. The molecule has 6 heteroatoms. The third-order valence-electron chi connectivity index (χ3n) is 3.57. The normalized spacial score (nSPS) is 17.0. The molecule has 1 aliphatic rings. The van der Waals surface area contributed by atoms with Crippen LogP contribution in [0.5, 0.6) is 0 Å². The van der Waals surface area contributed by atoms with Crippen molar-refractivity contribution in [2.45, 2.75) is 12.6 Å². The molecule has 2 aromatic rings. The van der Waals surface area contributed by atoms with E-state index in [-0.39, 0.29) is 13.2 Å². The van der Waals surface area contributed by atoms with Gasteiger partial charge in [-0.3, -0.25) is 4.90 Å². The number of aliphatic carboxylic acids is 1. The molecule has 3 rings (SSSR count). The van der Waals surface area contributed by atoms with Crippen LogP contribution in [0.1, 0.15) is 10.4 Å². The van der Waals surface area contributed by atoms with Gasteiger partial charge in [-0.05, 0) is 28.7 Å². The third-order valence-corrected chi connectivity index (χ3v) is 4.51. The Bertz CT molecular complexity index is 724. The first-order valence-electron chi connectivity index (χ1n) is 7.10. The summed E-state index contributed by atoms with van der Waals surface area (Å²) < 4.78 is 5.25. The van der Waals surface area contributed by atoms with Crippen LogP contribution in [0.2, 0.25) is 0 Å². The maximum atomic E-state index is 12.3. The molecule has 0 bridgehead atoms. The van der Waals surface area contributed by atoms with E-state index in [1.54, 1.807) is 6.08 Å². The molecule has 1 aromatic heterocycles. The minimum Gasteiger partial charge on any atom is -0.479 e. The molecule has 0 saturated carbocycles. The highest BCUT2D eigenvalue weighted by Gasteiger charge is 2.35. The lowest BCUT2D eigenvalue weighted by molar-refractivity contribution is -0.140. The zero-order valence-corrected chi connectivity index (χ0v) is 13.0. The summed E-state index contributed by atoms with van der Waals surface area (Å²) in [6.45, 7) is 0.363. The van der Waals surface area contributed by atoms with Gasteiger partial charge in [0, 0.05) is 4.88 Å². The Balaban J connectivity index is 1.69. The van der Waals surface area contributed by atoms with Crippen LogP contribution in [0, 0.1) is 0 Å². The van der Waals surface area contributed by atoms with E-state index in [1.165, 1.54) is 16.2 Å². The molecule has 0 radical (unpaired) electrons. The van der Waals surface area contributed by atoms with Gasteiger partial charge in [-0.2, -0.15) is 0 Å². The number of rotatable bonds is 4. The fraction of sp³-hybridized carbons (Fsp3) is 0.176. The average molecular weight is 329 g/mol. The molecule has 1 aromatic carbocycles. The van der Waals surface area contributed by atoms with Crippen molar-refractivity contribution < 1.29 is 19.4 Å². The van der Waals surface area contributed by atoms with E-state index in [9.17, 15) is 14.7 Å². The van der Waals surface area contributed by atoms with Crippen LogP contribution in [0.15, 0.2) is 53.9 Å². The predicted molar refractivity (Wildman–Crippen MR) is 87.1 cm³/mol. The standard InChI is InChI=1S/C17H15NO4S/c19-16(20)14-9-13(15-7-4-8-23-15)10-18(14)17(21)22-11-12-5-2-1-3-6-12/h1-9,14H,10-11H2,(H,19,20)/t14-/m0/s1. The van der Waals surface area contributed by atoms with Gasteiger partial charge in [0.25, 0.3) is 0 Å². The lowest BCUT2D eigenvalue weighted by Gasteiger charge is -2.21. The molecule has 0 spiro atoms. The van der Waals surface area contributed by atoms with Gasteiger partial charge in [0.2, 0.25) is 0 Å². The average Bonchev–Trinajstić information content (AvgIpc) is 3.22. The van der Waals surface area contributed by atoms with E-state index in [0.717, 1.165) is 16.0 Å². The lowest BCUT2D eigenvalue weighted by atomic mass is 10.2. The summed E-state index contributed by atoms with van der Waals surface area (Å²) in [5.74, 6) is -1.06. The summed E-state index contributed by atoms with van der Waals surface area (Å²) in [6.07, 6.45) is 0.988. The maximum Gasteiger partial charge on any atom is 0.411 e. The van der Waals surface area contributed by atoms with Gasteiger partial charge in [-0.1, -0.05) is 36.4 Å². The van der Waals surface area contributed by atoms with Crippen LogP contribution in [0.3, 0.4) is 0 Å². The van der Waals surface area contributed by atoms with Crippen molar-refractivity contribution in [2.24, 2.45) is 0 Å². The zero-order chi connectivity index (χ0) is 16.2. The Morgan fingerprint density at radius 2 is 2.00 bits per heavy atom. The molecule has 2 heterocycles. The fourth-order valence-electron chi connectivity index (χ4n) is 2.42. The predicted octanol–water partition coefficient (Wildman–Crippen LogP) is 3.24. The summed E-state index contributed by atoms with van der Waals surface area (Å²) in [6, 6.07) is 12.1. The van der Waals surface area contributed by atoms with Gasteiger partial charge >= 0.3 is 12.1 Å². The second-order valence-electron chi connectivity index (χ2n) is 5.12. The van der Waals surface area contributed by atoms with Gasteiger partial charge in [0.05, 0.1) is 6.54 Å². The van der Waals surface area contributed by atoms with E-state index in [1.807, 2.05) is 47.8 Å². The zero-order valence-electron chi connectivity index (χ0n) is 12.2. The van der Waals surface area contributed by atoms with E-state index in [0.29, 0.717) is 0 Å². The van der Waals surface area contributed by atoms with Gasteiger partial charge in [-0.15, -0.1) is 11.3 Å². The van der Waals surface area contributed by atoms with Gasteiger partial charge in [0.1, 0.15) is 6.61 Å². The molecule has 0 saturated heterocycles. The van der Waals surface area contributed by atoms with Crippen molar-refractivity contribution in [3.63, 3.8) is 0 Å². The quantitative estimate of drug-likeness (QED) is 0.935. The second kappa shape index (κ2) is 6.66. The number of thiophene rings is 1. The molecule has 5 nitrogen and oxygen atoms in total. The first kappa shape index (κ1) is 15.3. The second-order valence-corrected chi connectivity index (χ2v) is 6.07. The highest BCUT2D eigenvalue weighted by Crippen LogP contribution is 2.29. The number of hydrogen-bond acceptors (Lipinski definition) is 4. The first-order chi connectivity index (χ1) is 11.1. The highest BCUT2D eigenvalue weighted by atomic mass is 32.1. The van der Waals surface area contributed by atoms with Crippen LogP contribution >= 0.6 is 11.3 Å². The van der Waals surface area contributed by atoms with E-state index in [4.69, 9.17) is 4.74 Å². The highest BCUT2D eigenvalue weighted by molar-refractivity contribution is 7.11. The Labute approximate surface area is 137 Å². The summed E-state index contributed by atoms with van der Waals surface area (Å²) in [5.41, 5.74) is 1.70. The van der Waals surface area contributed by atoms with Gasteiger partial charge in [0.15, 0.2) is 6.04 Å². The van der Waals surface area contributed by atoms with Crippen molar-refractivity contribution in [1.82, 2.24) is 4.90 Å². The number of amides is 1. The van der Waals surface area contributed by atoms with Crippen LogP contribution in [0.25, 0.3) is 5.57 Å². The Morgan fingerprint density at radius 3 is 2.65 bits per heavy atom. The van der Waals surface area contributed by atoms with E-state index in [2.05, 4.69) is 0 Å². The number of ether oxygens (including phenoxy) is 1. The van der Waals surface area contributed by atoms with Crippen LogP contribution in [-0.2, 0) is 16.1 Å². The van der Waals surface area contributed by atoms with Gasteiger partial charge in [-0.25, -0.2) is 9.59 Å². The fourth-order valence-corrected chi connectivity index (χ4v) is 3.17. The summed E-state index contributed by atoms with van der Waals surface area (Å²) >= 11 is 1.52. The molecule has 1 N–H and O–H groups in total. The van der Waals surface area contributed by atoms with Crippen LogP contribution in [0.4, 0.5) is 4.79 Å². The number of carbonyl (C=O) groups excluding carboxylic acids is 1. The Kier molecular flexibility index (Phi) is 4.43. The smallest absolute Gasteiger partial charge is 0.411 e. The van der Waals surface area contributed by atoms with Crippen molar-refractivity contribution in [2.75, 3.05) is 6.54 Å². The number of carbonyl (C=O) groups is 2.